The average molecular weight is 437 g/mol. The molecule has 8 heteroatoms. The number of hydrogen-bond donors (Lipinski definition) is 0. The van der Waals surface area contributed by atoms with Crippen LogP contribution >= 0.6 is 28.1 Å². The molecule has 26 heavy (non-hydrogen) atoms. The minimum absolute atomic E-state index is 0.0522. The van der Waals surface area contributed by atoms with Crippen LogP contribution in [0.15, 0.2) is 46.9 Å². The molecular weight excluding hydrogens is 420 g/mol. The average Bonchev–Trinajstić information content (AvgIpc) is 2.67. The van der Waals surface area contributed by atoms with E-state index in [-0.39, 0.29) is 12.3 Å². The van der Waals surface area contributed by atoms with Gasteiger partial charge in [-0.3, -0.25) is 10.1 Å². The molecule has 136 valence electrons. The third-order valence-electron chi connectivity index (χ3n) is 3.99. The van der Waals surface area contributed by atoms with Gasteiger partial charge in [0.25, 0.3) is 5.69 Å². The van der Waals surface area contributed by atoms with Crippen LogP contribution in [0.25, 0.3) is 0 Å². The van der Waals surface area contributed by atoms with E-state index in [1.807, 2.05) is 18.2 Å². The van der Waals surface area contributed by atoms with Crippen LogP contribution < -0.4 is 4.74 Å². The van der Waals surface area contributed by atoms with E-state index < -0.39 is 4.92 Å². The number of ether oxygens (including phenoxy) is 2. The number of morpholine rings is 1. The molecule has 0 aliphatic carbocycles. The quantitative estimate of drug-likeness (QED) is 0.401. The summed E-state index contributed by atoms with van der Waals surface area (Å²) < 4.78 is 11.9. The van der Waals surface area contributed by atoms with Gasteiger partial charge in [0, 0.05) is 30.8 Å². The van der Waals surface area contributed by atoms with E-state index in [0.29, 0.717) is 19.0 Å². The fraction of sp³-hybridized carbons (Fsp3) is 0.278. The highest BCUT2D eigenvalue weighted by atomic mass is 79.9. The monoisotopic (exact) mass is 436 g/mol. The summed E-state index contributed by atoms with van der Waals surface area (Å²) in [5, 5.41) is 10.8. The summed E-state index contributed by atoms with van der Waals surface area (Å²) in [6.45, 7) is 3.20. The summed E-state index contributed by atoms with van der Waals surface area (Å²) in [4.78, 5) is 13.4. The fourth-order valence-electron chi connectivity index (χ4n) is 2.62. The predicted octanol–water partition coefficient (Wildman–Crippen LogP) is 3.94. The Hall–Kier alpha value is -2.03. The van der Waals surface area contributed by atoms with Crippen LogP contribution in [0.5, 0.6) is 5.75 Å². The van der Waals surface area contributed by atoms with Gasteiger partial charge in [-0.25, -0.2) is 0 Å². The van der Waals surface area contributed by atoms with E-state index in [4.69, 9.17) is 21.7 Å². The molecule has 0 spiro atoms. The van der Waals surface area contributed by atoms with Crippen LogP contribution in [-0.2, 0) is 11.3 Å². The van der Waals surface area contributed by atoms with Crippen LogP contribution in [0.3, 0.4) is 0 Å². The Balaban J connectivity index is 1.67. The van der Waals surface area contributed by atoms with Gasteiger partial charge in [-0.1, -0.05) is 24.4 Å². The fourth-order valence-corrected chi connectivity index (χ4v) is 3.42. The Bertz CT molecular complexity index is 825. The number of nitrogens with zero attached hydrogens (tertiary/aromatic N) is 2. The molecule has 2 aromatic rings. The Morgan fingerprint density at radius 1 is 1.27 bits per heavy atom. The van der Waals surface area contributed by atoms with Crippen molar-refractivity contribution >= 4 is 38.8 Å². The van der Waals surface area contributed by atoms with Crippen molar-refractivity contribution < 1.29 is 14.4 Å². The summed E-state index contributed by atoms with van der Waals surface area (Å²) in [5.74, 6) is 0.657. The topological polar surface area (TPSA) is 64.8 Å². The number of nitro groups is 1. The first-order valence-electron chi connectivity index (χ1n) is 8.07. The summed E-state index contributed by atoms with van der Waals surface area (Å²) in [7, 11) is 0. The van der Waals surface area contributed by atoms with Gasteiger partial charge in [-0.05, 0) is 39.7 Å². The molecule has 0 unspecified atom stereocenters. The van der Waals surface area contributed by atoms with Crippen molar-refractivity contribution in [1.82, 2.24) is 4.90 Å². The maximum absolute atomic E-state index is 10.8. The van der Waals surface area contributed by atoms with Gasteiger partial charge in [0.2, 0.25) is 0 Å². The van der Waals surface area contributed by atoms with Crippen molar-refractivity contribution in [3.8, 4) is 5.75 Å². The van der Waals surface area contributed by atoms with E-state index in [2.05, 4.69) is 20.8 Å². The summed E-state index contributed by atoms with van der Waals surface area (Å²) in [6.07, 6.45) is 0. The Morgan fingerprint density at radius 3 is 2.73 bits per heavy atom. The van der Waals surface area contributed by atoms with Crippen LogP contribution in [0, 0.1) is 10.1 Å². The molecule has 0 amide bonds. The molecule has 2 aromatic carbocycles. The number of benzene rings is 2. The van der Waals surface area contributed by atoms with E-state index >= 15 is 0 Å². The van der Waals surface area contributed by atoms with Gasteiger partial charge >= 0.3 is 0 Å². The van der Waals surface area contributed by atoms with Crippen molar-refractivity contribution in [1.29, 1.82) is 0 Å². The Morgan fingerprint density at radius 2 is 2.04 bits per heavy atom. The van der Waals surface area contributed by atoms with E-state index in [1.165, 1.54) is 12.1 Å². The van der Waals surface area contributed by atoms with Crippen LogP contribution in [-0.4, -0.2) is 41.1 Å². The lowest BCUT2D eigenvalue weighted by molar-refractivity contribution is -0.384. The van der Waals surface area contributed by atoms with Gasteiger partial charge in [0.05, 0.1) is 22.6 Å². The second-order valence-corrected chi connectivity index (χ2v) is 7.01. The van der Waals surface area contributed by atoms with Crippen LogP contribution in [0.2, 0.25) is 0 Å². The number of halogens is 1. The molecule has 0 saturated carbocycles. The van der Waals surface area contributed by atoms with E-state index in [0.717, 1.165) is 33.7 Å². The summed E-state index contributed by atoms with van der Waals surface area (Å²) >= 11 is 9.08. The zero-order valence-corrected chi connectivity index (χ0v) is 16.3. The first-order chi connectivity index (χ1) is 12.5. The minimum Gasteiger partial charge on any atom is -0.488 e. The molecule has 0 aromatic heterocycles. The zero-order valence-electron chi connectivity index (χ0n) is 13.9. The highest BCUT2D eigenvalue weighted by Gasteiger charge is 2.16. The molecule has 0 bridgehead atoms. The molecule has 1 heterocycles. The molecule has 3 rings (SSSR count). The maximum Gasteiger partial charge on any atom is 0.269 e. The lowest BCUT2D eigenvalue weighted by Crippen LogP contribution is -2.40. The smallest absolute Gasteiger partial charge is 0.269 e. The highest BCUT2D eigenvalue weighted by molar-refractivity contribution is 9.10. The Labute approximate surface area is 165 Å². The van der Waals surface area contributed by atoms with Gasteiger partial charge in [-0.2, -0.15) is 0 Å². The number of rotatable bonds is 5. The number of non-ortho nitro benzene ring substituents is 1. The second kappa shape index (κ2) is 8.57. The molecule has 1 fully saturated rings. The first kappa shape index (κ1) is 18.8. The van der Waals surface area contributed by atoms with Crippen molar-refractivity contribution in [2.24, 2.45) is 0 Å². The molecule has 1 aliphatic rings. The second-order valence-electron chi connectivity index (χ2n) is 5.77. The highest BCUT2D eigenvalue weighted by Crippen LogP contribution is 2.28. The molecular formula is C18H17BrN2O4S. The number of nitro benzene ring substituents is 1. The third kappa shape index (κ3) is 4.57. The van der Waals surface area contributed by atoms with Crippen LogP contribution in [0.1, 0.15) is 11.1 Å². The van der Waals surface area contributed by atoms with E-state index in [1.54, 1.807) is 12.1 Å². The lowest BCUT2D eigenvalue weighted by Gasteiger charge is -2.29. The SMILES string of the molecule is O=[N+]([O-])c1cccc(COc2ccc(C(=S)N3CCOCC3)cc2Br)c1. The summed E-state index contributed by atoms with van der Waals surface area (Å²) in [6, 6.07) is 12.1. The maximum atomic E-state index is 10.8. The number of hydrogen-bond acceptors (Lipinski definition) is 5. The van der Waals surface area contributed by atoms with Gasteiger partial charge in [0.1, 0.15) is 17.3 Å². The third-order valence-corrected chi connectivity index (χ3v) is 5.11. The minimum atomic E-state index is -0.416. The van der Waals surface area contributed by atoms with Crippen molar-refractivity contribution in [3.63, 3.8) is 0 Å². The van der Waals surface area contributed by atoms with E-state index in [9.17, 15) is 10.1 Å². The van der Waals surface area contributed by atoms with Crippen LogP contribution in [0.4, 0.5) is 5.69 Å². The zero-order chi connectivity index (χ0) is 18.5. The molecule has 6 nitrogen and oxygen atoms in total. The largest absolute Gasteiger partial charge is 0.488 e. The van der Waals surface area contributed by atoms with Gasteiger partial charge in [-0.15, -0.1) is 0 Å². The van der Waals surface area contributed by atoms with Crippen molar-refractivity contribution in [2.75, 3.05) is 26.3 Å². The van der Waals surface area contributed by atoms with Crippen molar-refractivity contribution in [2.45, 2.75) is 6.61 Å². The lowest BCUT2D eigenvalue weighted by atomic mass is 10.2. The van der Waals surface area contributed by atoms with Crippen molar-refractivity contribution in [3.05, 3.63) is 68.2 Å². The summed E-state index contributed by atoms with van der Waals surface area (Å²) in [5.41, 5.74) is 1.73. The van der Waals surface area contributed by atoms with Gasteiger partial charge in [0.15, 0.2) is 0 Å². The predicted molar refractivity (Wildman–Crippen MR) is 106 cm³/mol. The molecule has 1 aliphatic heterocycles. The first-order valence-corrected chi connectivity index (χ1v) is 9.27. The number of thiocarbonyl (C=S) groups is 1. The molecule has 0 atom stereocenters. The molecule has 1 saturated heterocycles. The molecule has 0 N–H and O–H groups in total. The normalized spacial score (nSPS) is 14.1. The Kier molecular flexibility index (Phi) is 6.18. The van der Waals surface area contributed by atoms with Gasteiger partial charge < -0.3 is 14.4 Å². The molecule has 0 radical (unpaired) electrons. The standard InChI is InChI=1S/C18H17BrN2O4S/c19-16-11-14(18(26)20-6-8-24-9-7-20)4-5-17(16)25-12-13-2-1-3-15(10-13)21(22)23/h1-5,10-11H,6-9,12H2.